The number of fused-ring (bicyclic) bond motifs is 1. The lowest BCUT2D eigenvalue weighted by Crippen LogP contribution is -2.08. The van der Waals surface area contributed by atoms with Gasteiger partial charge in [-0.1, -0.05) is 12.1 Å². The molecule has 1 N–H and O–H groups in total. The molecule has 0 radical (unpaired) electrons. The molecule has 0 bridgehead atoms. The maximum Gasteiger partial charge on any atom is 0.231 e. The highest BCUT2D eigenvalue weighted by Gasteiger charge is 2.17. The number of benzene rings is 1. The Morgan fingerprint density at radius 1 is 1.19 bits per heavy atom. The number of hydrogen-bond acceptors (Lipinski definition) is 3. The Labute approximate surface area is 94.3 Å². The first kappa shape index (κ1) is 9.73. The second kappa shape index (κ2) is 3.83. The fraction of sp³-hybridized carbons (Fsp3) is 0.385. The minimum atomic E-state index is -0.297. The lowest BCUT2D eigenvalue weighted by molar-refractivity contribution is 0.174. The number of rotatable bonds is 1. The molecule has 3 nitrogen and oxygen atoms in total. The fourth-order valence-corrected chi connectivity index (χ4v) is 2.24. The highest BCUT2D eigenvalue weighted by atomic mass is 16.7. The average Bonchev–Trinajstić information content (AvgIpc) is 2.75. The molecule has 1 atom stereocenters. The van der Waals surface area contributed by atoms with E-state index >= 15 is 0 Å². The van der Waals surface area contributed by atoms with Crippen LogP contribution in [0.1, 0.15) is 24.8 Å². The van der Waals surface area contributed by atoms with Gasteiger partial charge in [0.25, 0.3) is 0 Å². The van der Waals surface area contributed by atoms with Gasteiger partial charge in [-0.15, -0.1) is 0 Å². The van der Waals surface area contributed by atoms with Crippen LogP contribution in [-0.4, -0.2) is 18.0 Å². The molecule has 1 aromatic carbocycles. The number of ether oxygens (including phenoxy) is 2. The van der Waals surface area contributed by atoms with Crippen LogP contribution in [-0.2, 0) is 0 Å². The van der Waals surface area contributed by atoms with Gasteiger partial charge < -0.3 is 14.6 Å². The quantitative estimate of drug-likeness (QED) is 0.786. The van der Waals surface area contributed by atoms with E-state index in [0.29, 0.717) is 6.79 Å². The number of aliphatic hydroxyl groups excluding tert-OH is 1. The van der Waals surface area contributed by atoms with Crippen LogP contribution < -0.4 is 9.47 Å². The smallest absolute Gasteiger partial charge is 0.231 e. The van der Waals surface area contributed by atoms with Gasteiger partial charge in [-0.05, 0) is 42.5 Å². The fourth-order valence-electron chi connectivity index (χ4n) is 2.24. The van der Waals surface area contributed by atoms with Crippen LogP contribution in [0.2, 0.25) is 0 Å². The van der Waals surface area contributed by atoms with Crippen LogP contribution in [0.15, 0.2) is 24.3 Å². The minimum Gasteiger partial charge on any atom is -0.454 e. The lowest BCUT2D eigenvalue weighted by atomic mass is 9.92. The highest BCUT2D eigenvalue weighted by molar-refractivity contribution is 5.69. The predicted octanol–water partition coefficient (Wildman–Crippen LogP) is 2.34. The van der Waals surface area contributed by atoms with Crippen molar-refractivity contribution in [3.8, 4) is 11.5 Å². The molecule has 3 rings (SSSR count). The predicted molar refractivity (Wildman–Crippen MR) is 60.4 cm³/mol. The third-order valence-corrected chi connectivity index (χ3v) is 3.08. The molecule has 1 aliphatic heterocycles. The average molecular weight is 218 g/mol. The summed E-state index contributed by atoms with van der Waals surface area (Å²) in [6.07, 6.45) is 4.59. The zero-order valence-corrected chi connectivity index (χ0v) is 8.98. The first-order chi connectivity index (χ1) is 7.83. The molecule has 84 valence electrons. The zero-order valence-electron chi connectivity index (χ0n) is 8.98. The summed E-state index contributed by atoms with van der Waals surface area (Å²) in [6, 6.07) is 5.95. The summed E-state index contributed by atoms with van der Waals surface area (Å²) in [4.78, 5) is 0. The van der Waals surface area contributed by atoms with Crippen LogP contribution in [0.5, 0.6) is 11.5 Å². The lowest BCUT2D eigenvalue weighted by Gasteiger charge is -2.17. The van der Waals surface area contributed by atoms with Crippen molar-refractivity contribution in [1.29, 1.82) is 0 Å². The van der Waals surface area contributed by atoms with Crippen molar-refractivity contribution in [2.45, 2.75) is 25.4 Å². The van der Waals surface area contributed by atoms with Crippen LogP contribution in [0.3, 0.4) is 0 Å². The Morgan fingerprint density at radius 2 is 2.06 bits per heavy atom. The van der Waals surface area contributed by atoms with Crippen molar-refractivity contribution in [3.63, 3.8) is 0 Å². The van der Waals surface area contributed by atoms with Crippen LogP contribution >= 0.6 is 0 Å². The van der Waals surface area contributed by atoms with E-state index in [-0.39, 0.29) is 6.10 Å². The van der Waals surface area contributed by atoms with Gasteiger partial charge in [0.15, 0.2) is 11.5 Å². The van der Waals surface area contributed by atoms with Gasteiger partial charge in [0.1, 0.15) is 0 Å². The first-order valence-corrected chi connectivity index (χ1v) is 5.62. The first-order valence-electron chi connectivity index (χ1n) is 5.62. The standard InChI is InChI=1S/C13H14O3/c14-11-3-1-2-9(6-11)10-4-5-12-13(7-10)16-8-15-12/h4-7,11,14H,1-3,8H2. The third kappa shape index (κ3) is 1.67. The van der Waals surface area contributed by atoms with Gasteiger partial charge in [0, 0.05) is 0 Å². The molecule has 1 heterocycles. The molecule has 0 fully saturated rings. The van der Waals surface area contributed by atoms with E-state index in [2.05, 4.69) is 0 Å². The molecular weight excluding hydrogens is 204 g/mol. The van der Waals surface area contributed by atoms with Crippen molar-refractivity contribution in [1.82, 2.24) is 0 Å². The number of allylic oxidation sites excluding steroid dienone is 1. The molecule has 0 saturated carbocycles. The van der Waals surface area contributed by atoms with Crippen molar-refractivity contribution >= 4 is 5.57 Å². The van der Waals surface area contributed by atoms with Gasteiger partial charge in [0.05, 0.1) is 6.10 Å². The summed E-state index contributed by atoms with van der Waals surface area (Å²) in [6.45, 7) is 0.306. The second-order valence-electron chi connectivity index (χ2n) is 4.22. The molecule has 2 aliphatic rings. The molecule has 1 aliphatic carbocycles. The summed E-state index contributed by atoms with van der Waals surface area (Å²) >= 11 is 0. The SMILES string of the molecule is OC1C=C(c2ccc3c(c2)OCO3)CCC1. The molecule has 1 aromatic rings. The van der Waals surface area contributed by atoms with Gasteiger partial charge in [0.2, 0.25) is 6.79 Å². The zero-order chi connectivity index (χ0) is 11.0. The second-order valence-corrected chi connectivity index (χ2v) is 4.22. The summed E-state index contributed by atoms with van der Waals surface area (Å²) in [5.74, 6) is 1.61. The van der Waals surface area contributed by atoms with Crippen LogP contribution in [0.25, 0.3) is 5.57 Å². The third-order valence-electron chi connectivity index (χ3n) is 3.08. The van der Waals surface area contributed by atoms with Gasteiger partial charge in [-0.25, -0.2) is 0 Å². The largest absolute Gasteiger partial charge is 0.454 e. The van der Waals surface area contributed by atoms with Crippen molar-refractivity contribution < 1.29 is 14.6 Å². The number of hydrogen-bond donors (Lipinski definition) is 1. The maximum atomic E-state index is 9.60. The van der Waals surface area contributed by atoms with Gasteiger partial charge in [-0.3, -0.25) is 0 Å². The summed E-state index contributed by atoms with van der Waals surface area (Å²) in [7, 11) is 0. The molecule has 0 aromatic heterocycles. The van der Waals surface area contributed by atoms with E-state index in [1.165, 1.54) is 5.57 Å². The van der Waals surface area contributed by atoms with E-state index < -0.39 is 0 Å². The van der Waals surface area contributed by atoms with E-state index in [0.717, 1.165) is 36.3 Å². The monoisotopic (exact) mass is 218 g/mol. The Kier molecular flexibility index (Phi) is 2.33. The van der Waals surface area contributed by atoms with Crippen LogP contribution in [0, 0.1) is 0 Å². The summed E-state index contributed by atoms with van der Waals surface area (Å²) in [5.41, 5.74) is 2.33. The number of aliphatic hydroxyl groups is 1. The molecular formula is C13H14O3. The minimum absolute atomic E-state index is 0.297. The maximum absolute atomic E-state index is 9.60. The Bertz CT molecular complexity index is 437. The van der Waals surface area contributed by atoms with Crippen molar-refractivity contribution in [3.05, 3.63) is 29.8 Å². The Balaban J connectivity index is 1.95. The van der Waals surface area contributed by atoms with Crippen LogP contribution in [0.4, 0.5) is 0 Å². The topological polar surface area (TPSA) is 38.7 Å². The van der Waals surface area contributed by atoms with E-state index in [1.54, 1.807) is 0 Å². The molecule has 3 heteroatoms. The molecule has 0 spiro atoms. The molecule has 16 heavy (non-hydrogen) atoms. The Morgan fingerprint density at radius 3 is 2.94 bits per heavy atom. The highest BCUT2D eigenvalue weighted by Crippen LogP contribution is 2.36. The van der Waals surface area contributed by atoms with E-state index in [4.69, 9.17) is 9.47 Å². The van der Waals surface area contributed by atoms with Gasteiger partial charge >= 0.3 is 0 Å². The summed E-state index contributed by atoms with van der Waals surface area (Å²) < 4.78 is 10.6. The Hall–Kier alpha value is -1.48. The van der Waals surface area contributed by atoms with Crippen molar-refractivity contribution in [2.24, 2.45) is 0 Å². The van der Waals surface area contributed by atoms with E-state index in [9.17, 15) is 5.11 Å². The van der Waals surface area contributed by atoms with Crippen molar-refractivity contribution in [2.75, 3.05) is 6.79 Å². The molecule has 0 amide bonds. The summed E-state index contributed by atoms with van der Waals surface area (Å²) in [5, 5.41) is 9.60. The molecule has 1 unspecified atom stereocenters. The normalized spacial score (nSPS) is 23.1. The van der Waals surface area contributed by atoms with Gasteiger partial charge in [-0.2, -0.15) is 0 Å². The van der Waals surface area contributed by atoms with E-state index in [1.807, 2.05) is 24.3 Å². The molecule has 0 saturated heterocycles.